The lowest BCUT2D eigenvalue weighted by Gasteiger charge is -2.05. The number of carbonyl (C=O) groups is 1. The molecule has 1 aliphatic carbocycles. The average molecular weight is 306 g/mol. The fraction of sp³-hybridized carbons (Fsp3) is 0.214. The number of hydrogen-bond acceptors (Lipinski definition) is 1. The highest BCUT2D eigenvalue weighted by Gasteiger charge is 2.41. The Balaban J connectivity index is 1.89. The molecule has 2 aromatic rings. The molecule has 0 aliphatic heterocycles. The number of carboxylic acids is 1. The lowest BCUT2D eigenvalue weighted by molar-refractivity contribution is 0.0685. The van der Waals surface area contributed by atoms with Gasteiger partial charge >= 0.3 is 5.97 Å². The quantitative estimate of drug-likeness (QED) is 0.940. The minimum absolute atomic E-state index is 0.268. The van der Waals surface area contributed by atoms with Crippen LogP contribution in [0.2, 0.25) is 0 Å². The molecule has 1 aliphatic rings. The van der Waals surface area contributed by atoms with Gasteiger partial charge in [0.2, 0.25) is 0 Å². The molecule has 3 rings (SSSR count). The van der Waals surface area contributed by atoms with E-state index in [1.54, 1.807) is 6.07 Å². The molecule has 0 saturated heterocycles. The molecule has 2 atom stereocenters. The third-order valence-corrected chi connectivity index (χ3v) is 3.81. The van der Waals surface area contributed by atoms with E-state index in [0.717, 1.165) is 10.9 Å². The fourth-order valence-corrected chi connectivity index (χ4v) is 2.88. The number of aromatic carboxylic acids is 1. The van der Waals surface area contributed by atoms with Crippen LogP contribution in [0.25, 0.3) is 0 Å². The van der Waals surface area contributed by atoms with E-state index in [1.165, 1.54) is 5.56 Å². The van der Waals surface area contributed by atoms with Crippen LogP contribution in [0.5, 0.6) is 0 Å². The second-order valence-corrected chi connectivity index (χ2v) is 5.49. The maximum atomic E-state index is 11.2. The molecule has 0 bridgehead atoms. The molecule has 0 amide bonds. The molecule has 18 heavy (non-hydrogen) atoms. The Morgan fingerprint density at radius 3 is 2.72 bits per heavy atom. The van der Waals surface area contributed by atoms with E-state index < -0.39 is 5.97 Å². The molecule has 3 nitrogen and oxygen atoms in total. The molecule has 1 aromatic carbocycles. The predicted octanol–water partition coefficient (Wildman–Crippen LogP) is 3.68. The van der Waals surface area contributed by atoms with Crippen LogP contribution in [0.1, 0.15) is 34.4 Å². The standard InChI is InChI=1S/C14H12BrNO2/c15-10-6-13(14(17)18)16(8-10)12-7-11(12)9-4-2-1-3-5-9/h1-6,8,11-12H,7H2,(H,17,18). The molecule has 92 valence electrons. The van der Waals surface area contributed by atoms with Gasteiger partial charge in [-0.05, 0) is 34.0 Å². The molecule has 4 heteroatoms. The summed E-state index contributed by atoms with van der Waals surface area (Å²) in [5, 5.41) is 9.17. The normalized spacial score (nSPS) is 21.8. The Labute approximate surface area is 113 Å². The average Bonchev–Trinajstić information content (AvgIpc) is 3.06. The van der Waals surface area contributed by atoms with Crippen molar-refractivity contribution in [3.05, 3.63) is 58.3 Å². The molecule has 0 spiro atoms. The Kier molecular flexibility index (Phi) is 2.74. The molecule has 1 fully saturated rings. The Hall–Kier alpha value is -1.55. The topological polar surface area (TPSA) is 42.2 Å². The van der Waals surface area contributed by atoms with E-state index in [2.05, 4.69) is 28.1 Å². The van der Waals surface area contributed by atoms with Crippen LogP contribution in [0, 0.1) is 0 Å². The number of benzene rings is 1. The van der Waals surface area contributed by atoms with Crippen LogP contribution >= 0.6 is 15.9 Å². The predicted molar refractivity (Wildman–Crippen MR) is 71.9 cm³/mol. The molecular weight excluding hydrogens is 294 g/mol. The second kappa shape index (κ2) is 4.28. The molecule has 2 unspecified atom stereocenters. The van der Waals surface area contributed by atoms with Crippen molar-refractivity contribution in [3.63, 3.8) is 0 Å². The number of halogens is 1. The van der Waals surface area contributed by atoms with Gasteiger partial charge in [-0.2, -0.15) is 0 Å². The number of rotatable bonds is 3. The minimum atomic E-state index is -0.876. The summed E-state index contributed by atoms with van der Waals surface area (Å²) in [7, 11) is 0. The van der Waals surface area contributed by atoms with Crippen molar-refractivity contribution in [1.82, 2.24) is 4.57 Å². The van der Waals surface area contributed by atoms with Crippen LogP contribution in [0.15, 0.2) is 47.1 Å². The van der Waals surface area contributed by atoms with Gasteiger partial charge in [-0.1, -0.05) is 30.3 Å². The van der Waals surface area contributed by atoms with Gasteiger partial charge in [0.15, 0.2) is 0 Å². The Morgan fingerprint density at radius 2 is 2.06 bits per heavy atom. The molecule has 0 radical (unpaired) electrons. The number of aromatic nitrogens is 1. The largest absolute Gasteiger partial charge is 0.477 e. The fourth-order valence-electron chi connectivity index (χ4n) is 2.44. The van der Waals surface area contributed by atoms with Crippen molar-refractivity contribution < 1.29 is 9.90 Å². The maximum absolute atomic E-state index is 11.2. The highest BCUT2D eigenvalue weighted by Crippen LogP contribution is 2.52. The maximum Gasteiger partial charge on any atom is 0.352 e. The van der Waals surface area contributed by atoms with Gasteiger partial charge in [-0.25, -0.2) is 4.79 Å². The van der Waals surface area contributed by atoms with E-state index in [9.17, 15) is 9.90 Å². The van der Waals surface area contributed by atoms with E-state index in [1.807, 2.05) is 29.0 Å². The summed E-state index contributed by atoms with van der Waals surface area (Å²) in [4.78, 5) is 11.2. The Morgan fingerprint density at radius 1 is 1.33 bits per heavy atom. The monoisotopic (exact) mass is 305 g/mol. The third-order valence-electron chi connectivity index (χ3n) is 3.38. The van der Waals surface area contributed by atoms with Crippen LogP contribution < -0.4 is 0 Å². The molecule has 1 saturated carbocycles. The van der Waals surface area contributed by atoms with Crippen LogP contribution in [-0.4, -0.2) is 15.6 Å². The van der Waals surface area contributed by atoms with Gasteiger partial charge in [0.25, 0.3) is 0 Å². The molecule has 1 aromatic heterocycles. The van der Waals surface area contributed by atoms with E-state index in [4.69, 9.17) is 0 Å². The SMILES string of the molecule is O=C(O)c1cc(Br)cn1C1CC1c1ccccc1. The lowest BCUT2D eigenvalue weighted by Crippen LogP contribution is -2.06. The van der Waals surface area contributed by atoms with Crippen molar-refractivity contribution in [2.24, 2.45) is 0 Å². The van der Waals surface area contributed by atoms with Gasteiger partial charge in [-0.15, -0.1) is 0 Å². The van der Waals surface area contributed by atoms with Gasteiger partial charge in [0.05, 0.1) is 0 Å². The van der Waals surface area contributed by atoms with Crippen molar-refractivity contribution in [2.45, 2.75) is 18.4 Å². The summed E-state index contributed by atoms with van der Waals surface area (Å²) >= 11 is 3.34. The molecular formula is C14H12BrNO2. The third kappa shape index (κ3) is 1.97. The molecule has 1 N–H and O–H groups in total. The van der Waals surface area contributed by atoms with Crippen molar-refractivity contribution in [2.75, 3.05) is 0 Å². The Bertz CT molecular complexity index is 591. The first-order valence-corrected chi connectivity index (χ1v) is 6.61. The minimum Gasteiger partial charge on any atom is -0.477 e. The first-order chi connectivity index (χ1) is 8.66. The van der Waals surface area contributed by atoms with Gasteiger partial charge in [0.1, 0.15) is 5.69 Å². The lowest BCUT2D eigenvalue weighted by atomic mass is 10.1. The number of nitrogens with zero attached hydrogens (tertiary/aromatic N) is 1. The van der Waals surface area contributed by atoms with E-state index in [0.29, 0.717) is 11.6 Å². The first-order valence-electron chi connectivity index (χ1n) is 5.82. The summed E-state index contributed by atoms with van der Waals surface area (Å²) < 4.78 is 2.68. The zero-order valence-corrected chi connectivity index (χ0v) is 11.2. The van der Waals surface area contributed by atoms with Crippen molar-refractivity contribution >= 4 is 21.9 Å². The van der Waals surface area contributed by atoms with Crippen molar-refractivity contribution in [3.8, 4) is 0 Å². The highest BCUT2D eigenvalue weighted by molar-refractivity contribution is 9.10. The number of carboxylic acid groups (broad SMARTS) is 1. The smallest absolute Gasteiger partial charge is 0.352 e. The second-order valence-electron chi connectivity index (χ2n) is 4.58. The van der Waals surface area contributed by atoms with Gasteiger partial charge in [0, 0.05) is 22.6 Å². The van der Waals surface area contributed by atoms with Gasteiger partial charge < -0.3 is 9.67 Å². The summed E-state index contributed by atoms with van der Waals surface area (Å²) in [6, 6.07) is 12.2. The summed E-state index contributed by atoms with van der Waals surface area (Å²) in [5.41, 5.74) is 1.63. The summed E-state index contributed by atoms with van der Waals surface area (Å²) in [5.74, 6) is -0.442. The van der Waals surface area contributed by atoms with Crippen LogP contribution in [0.3, 0.4) is 0 Å². The van der Waals surface area contributed by atoms with E-state index in [-0.39, 0.29) is 6.04 Å². The van der Waals surface area contributed by atoms with Crippen LogP contribution in [-0.2, 0) is 0 Å². The zero-order chi connectivity index (χ0) is 12.7. The summed E-state index contributed by atoms with van der Waals surface area (Å²) in [6.45, 7) is 0. The zero-order valence-electron chi connectivity index (χ0n) is 9.58. The molecule has 1 heterocycles. The summed E-state index contributed by atoms with van der Waals surface area (Å²) in [6.07, 6.45) is 2.86. The van der Waals surface area contributed by atoms with Crippen molar-refractivity contribution in [1.29, 1.82) is 0 Å². The van der Waals surface area contributed by atoms with Gasteiger partial charge in [-0.3, -0.25) is 0 Å². The first kappa shape index (κ1) is 11.5. The number of hydrogen-bond donors (Lipinski definition) is 1. The van der Waals surface area contributed by atoms with E-state index >= 15 is 0 Å². The van der Waals surface area contributed by atoms with Crippen LogP contribution in [0.4, 0.5) is 0 Å². The highest BCUT2D eigenvalue weighted by atomic mass is 79.9.